The van der Waals surface area contributed by atoms with Gasteiger partial charge in [0.1, 0.15) is 0 Å². The minimum atomic E-state index is -1.10. The van der Waals surface area contributed by atoms with Crippen molar-refractivity contribution in [1.82, 2.24) is 5.32 Å². The van der Waals surface area contributed by atoms with Crippen molar-refractivity contribution >= 4 is 11.9 Å². The van der Waals surface area contributed by atoms with Crippen LogP contribution in [-0.2, 0) is 9.59 Å². The van der Waals surface area contributed by atoms with E-state index in [1.165, 1.54) is 0 Å². The standard InChI is InChI=1S/C12H16N2O3/c1-2-9(13)11(15)14-10(12(16)17)8-6-4-3-5-7-8/h3-7,9-10H,2,13H2,1H3,(H,14,15)(H,16,17)/t9-,10+/m0/s1. The summed E-state index contributed by atoms with van der Waals surface area (Å²) in [5, 5.41) is 11.5. The summed E-state index contributed by atoms with van der Waals surface area (Å²) in [5.41, 5.74) is 6.06. The first-order chi connectivity index (χ1) is 8.06. The van der Waals surface area contributed by atoms with E-state index in [0.717, 1.165) is 0 Å². The summed E-state index contributed by atoms with van der Waals surface area (Å²) in [4.78, 5) is 22.7. The van der Waals surface area contributed by atoms with Gasteiger partial charge in [0.25, 0.3) is 0 Å². The Hall–Kier alpha value is -1.88. The summed E-state index contributed by atoms with van der Waals surface area (Å²) in [5.74, 6) is -1.56. The molecule has 5 nitrogen and oxygen atoms in total. The van der Waals surface area contributed by atoms with Crippen LogP contribution in [0.1, 0.15) is 24.9 Å². The molecule has 0 unspecified atom stereocenters. The van der Waals surface area contributed by atoms with Crippen molar-refractivity contribution in [2.75, 3.05) is 0 Å². The van der Waals surface area contributed by atoms with Crippen molar-refractivity contribution < 1.29 is 14.7 Å². The number of benzene rings is 1. The van der Waals surface area contributed by atoms with E-state index in [0.29, 0.717) is 12.0 Å². The molecule has 5 heteroatoms. The highest BCUT2D eigenvalue weighted by atomic mass is 16.4. The van der Waals surface area contributed by atoms with Crippen molar-refractivity contribution in [2.45, 2.75) is 25.4 Å². The molecule has 4 N–H and O–H groups in total. The summed E-state index contributed by atoms with van der Waals surface area (Å²) >= 11 is 0. The zero-order valence-electron chi connectivity index (χ0n) is 9.59. The van der Waals surface area contributed by atoms with Gasteiger partial charge in [0.05, 0.1) is 6.04 Å². The van der Waals surface area contributed by atoms with Gasteiger partial charge in [-0.1, -0.05) is 37.3 Å². The number of aliphatic carboxylic acids is 1. The summed E-state index contributed by atoms with van der Waals surface area (Å²) in [7, 11) is 0. The highest BCUT2D eigenvalue weighted by Gasteiger charge is 2.23. The monoisotopic (exact) mass is 236 g/mol. The molecule has 0 heterocycles. The molecular weight excluding hydrogens is 220 g/mol. The lowest BCUT2D eigenvalue weighted by atomic mass is 10.1. The van der Waals surface area contributed by atoms with Gasteiger partial charge in [-0.3, -0.25) is 4.79 Å². The van der Waals surface area contributed by atoms with Crippen LogP contribution in [0.4, 0.5) is 0 Å². The third-order valence-corrected chi connectivity index (χ3v) is 2.44. The first-order valence-electron chi connectivity index (χ1n) is 5.40. The minimum Gasteiger partial charge on any atom is -0.479 e. The minimum absolute atomic E-state index is 0.455. The summed E-state index contributed by atoms with van der Waals surface area (Å²) in [6, 6.07) is 6.78. The molecule has 0 fully saturated rings. The first kappa shape index (κ1) is 13.2. The topological polar surface area (TPSA) is 92.4 Å². The van der Waals surface area contributed by atoms with Gasteiger partial charge in [0.15, 0.2) is 6.04 Å². The highest BCUT2D eigenvalue weighted by Crippen LogP contribution is 2.12. The Morgan fingerprint density at radius 1 is 1.35 bits per heavy atom. The van der Waals surface area contributed by atoms with Crippen LogP contribution in [0.3, 0.4) is 0 Å². The maximum atomic E-state index is 11.6. The molecule has 0 spiro atoms. The lowest BCUT2D eigenvalue weighted by Gasteiger charge is -2.17. The Morgan fingerprint density at radius 2 is 1.94 bits per heavy atom. The number of carboxylic acid groups (broad SMARTS) is 1. The fourth-order valence-corrected chi connectivity index (χ4v) is 1.37. The number of carbonyl (C=O) groups excluding carboxylic acids is 1. The van der Waals surface area contributed by atoms with Crippen molar-refractivity contribution in [3.8, 4) is 0 Å². The average Bonchev–Trinajstić information content (AvgIpc) is 2.35. The van der Waals surface area contributed by atoms with Gasteiger partial charge >= 0.3 is 5.97 Å². The molecule has 92 valence electrons. The molecule has 0 aromatic heterocycles. The second-order valence-electron chi connectivity index (χ2n) is 3.71. The summed E-state index contributed by atoms with van der Waals surface area (Å²) < 4.78 is 0. The van der Waals surface area contributed by atoms with Gasteiger partial charge in [0, 0.05) is 0 Å². The molecule has 0 saturated carbocycles. The Labute approximate surface area is 99.6 Å². The number of carboxylic acids is 1. The molecule has 1 amide bonds. The molecule has 17 heavy (non-hydrogen) atoms. The normalized spacial score (nSPS) is 13.8. The second-order valence-corrected chi connectivity index (χ2v) is 3.71. The molecule has 0 aliphatic heterocycles. The number of nitrogens with one attached hydrogen (secondary N) is 1. The Kier molecular flexibility index (Phi) is 4.66. The van der Waals surface area contributed by atoms with Gasteiger partial charge in [0.2, 0.25) is 5.91 Å². The van der Waals surface area contributed by atoms with E-state index in [4.69, 9.17) is 10.8 Å². The van der Waals surface area contributed by atoms with E-state index in [9.17, 15) is 9.59 Å². The molecule has 0 aliphatic carbocycles. The van der Waals surface area contributed by atoms with Crippen molar-refractivity contribution in [1.29, 1.82) is 0 Å². The predicted octanol–water partition coefficient (Wildman–Crippen LogP) is 0.666. The third-order valence-electron chi connectivity index (χ3n) is 2.44. The number of hydrogen-bond donors (Lipinski definition) is 3. The van der Waals surface area contributed by atoms with Crippen molar-refractivity contribution in [3.63, 3.8) is 0 Å². The molecule has 2 atom stereocenters. The van der Waals surface area contributed by atoms with Gasteiger partial charge in [-0.05, 0) is 12.0 Å². The van der Waals surface area contributed by atoms with Crippen LogP contribution in [0.25, 0.3) is 0 Å². The van der Waals surface area contributed by atoms with Gasteiger partial charge in [-0.2, -0.15) is 0 Å². The zero-order valence-corrected chi connectivity index (χ0v) is 9.59. The van der Waals surface area contributed by atoms with Crippen LogP contribution < -0.4 is 11.1 Å². The molecule has 0 radical (unpaired) electrons. The average molecular weight is 236 g/mol. The number of nitrogens with two attached hydrogens (primary N) is 1. The Morgan fingerprint density at radius 3 is 2.41 bits per heavy atom. The van der Waals surface area contributed by atoms with Gasteiger partial charge in [-0.25, -0.2) is 4.79 Å². The molecule has 1 rings (SSSR count). The van der Waals surface area contributed by atoms with Gasteiger partial charge in [-0.15, -0.1) is 0 Å². The van der Waals surface area contributed by atoms with E-state index in [2.05, 4.69) is 5.32 Å². The number of rotatable bonds is 5. The maximum Gasteiger partial charge on any atom is 0.330 e. The predicted molar refractivity (Wildman–Crippen MR) is 63.2 cm³/mol. The highest BCUT2D eigenvalue weighted by molar-refractivity contribution is 5.87. The smallest absolute Gasteiger partial charge is 0.330 e. The molecule has 0 aliphatic rings. The Bertz CT molecular complexity index is 392. The van der Waals surface area contributed by atoms with E-state index >= 15 is 0 Å². The SMILES string of the molecule is CC[C@H](N)C(=O)N[C@@H](C(=O)O)c1ccccc1. The van der Waals surface area contributed by atoms with Crippen LogP contribution >= 0.6 is 0 Å². The largest absolute Gasteiger partial charge is 0.479 e. The molecule has 1 aromatic carbocycles. The van der Waals surface area contributed by atoms with E-state index in [1.54, 1.807) is 37.3 Å². The van der Waals surface area contributed by atoms with Crippen LogP contribution in [0, 0.1) is 0 Å². The lowest BCUT2D eigenvalue weighted by molar-refractivity contribution is -0.142. The first-order valence-corrected chi connectivity index (χ1v) is 5.40. The van der Waals surface area contributed by atoms with Gasteiger partial charge < -0.3 is 16.2 Å². The van der Waals surface area contributed by atoms with E-state index in [1.807, 2.05) is 0 Å². The van der Waals surface area contributed by atoms with Crippen molar-refractivity contribution in [2.24, 2.45) is 5.73 Å². The maximum absolute atomic E-state index is 11.6. The number of amides is 1. The quantitative estimate of drug-likeness (QED) is 0.700. The number of carbonyl (C=O) groups is 2. The second kappa shape index (κ2) is 6.00. The fraction of sp³-hybridized carbons (Fsp3) is 0.333. The van der Waals surface area contributed by atoms with Crippen molar-refractivity contribution in [3.05, 3.63) is 35.9 Å². The van der Waals surface area contributed by atoms with Crippen LogP contribution in [-0.4, -0.2) is 23.0 Å². The van der Waals surface area contributed by atoms with E-state index in [-0.39, 0.29) is 0 Å². The molecule has 1 aromatic rings. The fourth-order valence-electron chi connectivity index (χ4n) is 1.37. The van der Waals surface area contributed by atoms with E-state index < -0.39 is 24.0 Å². The summed E-state index contributed by atoms with van der Waals surface area (Å²) in [6.07, 6.45) is 0.465. The third kappa shape index (κ3) is 3.57. The summed E-state index contributed by atoms with van der Waals surface area (Å²) in [6.45, 7) is 1.77. The zero-order chi connectivity index (χ0) is 12.8. The van der Waals surface area contributed by atoms with Crippen LogP contribution in [0.2, 0.25) is 0 Å². The molecule has 0 saturated heterocycles. The molecule has 0 bridgehead atoms. The number of hydrogen-bond acceptors (Lipinski definition) is 3. The van der Waals surface area contributed by atoms with Crippen LogP contribution in [0.15, 0.2) is 30.3 Å². The van der Waals surface area contributed by atoms with Crippen LogP contribution in [0.5, 0.6) is 0 Å². The lowest BCUT2D eigenvalue weighted by Crippen LogP contribution is -2.43. The molecular formula is C12H16N2O3. The Balaban J connectivity index is 2.82.